The molecule has 0 aliphatic carbocycles. The van der Waals surface area contributed by atoms with Gasteiger partial charge in [-0.05, 0) is 56.6 Å². The fourth-order valence-electron chi connectivity index (χ4n) is 6.76. The minimum absolute atomic E-state index is 0.799. The normalized spacial score (nSPS) is 10.9. The summed E-state index contributed by atoms with van der Waals surface area (Å²) >= 11 is 0. The lowest BCUT2D eigenvalue weighted by atomic mass is 9.86. The van der Waals surface area contributed by atoms with Gasteiger partial charge >= 0.3 is 0 Å². The van der Waals surface area contributed by atoms with Crippen LogP contribution in [0.15, 0.2) is 206 Å². The van der Waals surface area contributed by atoms with Crippen LogP contribution in [0.3, 0.4) is 0 Å². The Bertz CT molecular complexity index is 2130. The van der Waals surface area contributed by atoms with Crippen LogP contribution >= 0.6 is 0 Å². The van der Waals surface area contributed by atoms with Crippen molar-refractivity contribution < 1.29 is 4.74 Å². The third-order valence-electron chi connectivity index (χ3n) is 8.97. The summed E-state index contributed by atoms with van der Waals surface area (Å²) in [6.07, 6.45) is 0. The zero-order chi connectivity index (χ0) is 32.8. The summed E-state index contributed by atoms with van der Waals surface area (Å²) in [4.78, 5) is 0. The molecule has 1 nitrogen and oxygen atoms in total. The van der Waals surface area contributed by atoms with Gasteiger partial charge in [0.25, 0.3) is 0 Å². The van der Waals surface area contributed by atoms with Crippen molar-refractivity contribution in [3.05, 3.63) is 206 Å². The van der Waals surface area contributed by atoms with E-state index in [1.807, 2.05) is 0 Å². The van der Waals surface area contributed by atoms with Crippen LogP contribution in [0.1, 0.15) is 0 Å². The maximum Gasteiger partial charge on any atom is 0.135 e. The molecule has 0 saturated heterocycles. The Balaban J connectivity index is 1.42. The maximum atomic E-state index is 7.26. The molecule has 0 atom stereocenters. The van der Waals surface area contributed by atoms with E-state index in [2.05, 4.69) is 206 Å². The summed E-state index contributed by atoms with van der Waals surface area (Å²) in [7, 11) is 0. The Morgan fingerprint density at radius 1 is 0.204 bits per heavy atom. The Kier molecular flexibility index (Phi) is 8.39. The number of hydrogen-bond acceptors (Lipinski definition) is 1. The molecule has 0 amide bonds. The molecule has 0 spiro atoms. The molecule has 1 heteroatoms. The van der Waals surface area contributed by atoms with E-state index in [9.17, 15) is 0 Å². The fraction of sp³-hybridized carbons (Fsp3) is 0. The van der Waals surface area contributed by atoms with Gasteiger partial charge in [-0.25, -0.2) is 0 Å². The first-order chi connectivity index (χ1) is 24.3. The largest absolute Gasteiger partial charge is 0.456 e. The zero-order valence-corrected chi connectivity index (χ0v) is 27.0. The van der Waals surface area contributed by atoms with Crippen molar-refractivity contribution in [1.29, 1.82) is 0 Å². The third kappa shape index (κ3) is 6.06. The molecular formula is C48H34O. The van der Waals surface area contributed by atoms with Crippen LogP contribution in [-0.4, -0.2) is 0 Å². The van der Waals surface area contributed by atoms with Gasteiger partial charge in [0.1, 0.15) is 11.5 Å². The second-order valence-electron chi connectivity index (χ2n) is 12.0. The van der Waals surface area contributed by atoms with Gasteiger partial charge in [-0.1, -0.05) is 194 Å². The van der Waals surface area contributed by atoms with Crippen molar-refractivity contribution in [2.45, 2.75) is 0 Å². The van der Waals surface area contributed by atoms with Crippen molar-refractivity contribution >= 4 is 0 Å². The van der Waals surface area contributed by atoms with Crippen molar-refractivity contribution in [3.63, 3.8) is 0 Å². The average molecular weight is 627 g/mol. The average Bonchev–Trinajstić information content (AvgIpc) is 3.19. The fourth-order valence-corrected chi connectivity index (χ4v) is 6.76. The van der Waals surface area contributed by atoms with Crippen LogP contribution in [0.25, 0.3) is 66.8 Å². The molecule has 232 valence electrons. The predicted octanol–water partition coefficient (Wildman–Crippen LogP) is 13.5. The van der Waals surface area contributed by atoms with Crippen LogP contribution in [0, 0.1) is 0 Å². The zero-order valence-electron chi connectivity index (χ0n) is 27.0. The molecule has 0 unspecified atom stereocenters. The monoisotopic (exact) mass is 626 g/mol. The van der Waals surface area contributed by atoms with E-state index in [4.69, 9.17) is 4.74 Å². The molecule has 0 aliphatic heterocycles. The van der Waals surface area contributed by atoms with Crippen LogP contribution < -0.4 is 4.74 Å². The second-order valence-corrected chi connectivity index (χ2v) is 12.0. The standard InChI is InChI=1S/C48H34O/c1-7-19-35(20-8-1)41-31-33-43(47(39-27-15-5-16-28-39)45(41)37-23-11-3-12-24-37)49-44-34-32-42(36-21-9-2-10-22-36)46(38-25-13-4-14-26-38)48(44)40-29-17-6-18-30-40/h1-34H. The lowest BCUT2D eigenvalue weighted by molar-refractivity contribution is 0.487. The Morgan fingerprint density at radius 3 is 0.735 bits per heavy atom. The summed E-state index contributed by atoms with van der Waals surface area (Å²) < 4.78 is 7.26. The molecule has 0 aliphatic rings. The van der Waals surface area contributed by atoms with Gasteiger partial charge in [0, 0.05) is 22.3 Å². The van der Waals surface area contributed by atoms with E-state index in [1.54, 1.807) is 0 Å². The number of hydrogen-bond donors (Lipinski definition) is 0. The molecule has 8 aromatic carbocycles. The molecule has 0 fully saturated rings. The van der Waals surface area contributed by atoms with Crippen molar-refractivity contribution in [2.75, 3.05) is 0 Å². The van der Waals surface area contributed by atoms with E-state index >= 15 is 0 Å². The number of ether oxygens (including phenoxy) is 1. The summed E-state index contributed by atoms with van der Waals surface area (Å²) in [6.45, 7) is 0. The Morgan fingerprint density at radius 2 is 0.449 bits per heavy atom. The quantitative estimate of drug-likeness (QED) is 0.163. The van der Waals surface area contributed by atoms with E-state index < -0.39 is 0 Å². The van der Waals surface area contributed by atoms with E-state index in [0.29, 0.717) is 0 Å². The van der Waals surface area contributed by atoms with Crippen LogP contribution in [0.2, 0.25) is 0 Å². The van der Waals surface area contributed by atoms with Crippen molar-refractivity contribution in [1.82, 2.24) is 0 Å². The number of benzene rings is 8. The third-order valence-corrected chi connectivity index (χ3v) is 8.97. The van der Waals surface area contributed by atoms with E-state index in [0.717, 1.165) is 78.3 Å². The van der Waals surface area contributed by atoms with Gasteiger partial charge in [0.15, 0.2) is 0 Å². The van der Waals surface area contributed by atoms with E-state index in [1.165, 1.54) is 0 Å². The minimum Gasteiger partial charge on any atom is -0.456 e. The highest BCUT2D eigenvalue weighted by atomic mass is 16.5. The van der Waals surface area contributed by atoms with Gasteiger partial charge in [0.2, 0.25) is 0 Å². The van der Waals surface area contributed by atoms with Gasteiger partial charge in [-0.15, -0.1) is 0 Å². The first kappa shape index (κ1) is 29.9. The van der Waals surface area contributed by atoms with Crippen LogP contribution in [-0.2, 0) is 0 Å². The molecule has 8 aromatic rings. The maximum absolute atomic E-state index is 7.26. The van der Waals surface area contributed by atoms with E-state index in [-0.39, 0.29) is 0 Å². The molecule has 0 N–H and O–H groups in total. The van der Waals surface area contributed by atoms with Crippen LogP contribution in [0.5, 0.6) is 11.5 Å². The molecule has 49 heavy (non-hydrogen) atoms. The highest BCUT2D eigenvalue weighted by molar-refractivity contribution is 5.99. The van der Waals surface area contributed by atoms with Crippen LogP contribution in [0.4, 0.5) is 0 Å². The van der Waals surface area contributed by atoms with Gasteiger partial charge < -0.3 is 4.74 Å². The SMILES string of the molecule is c1ccc(-c2ccc(Oc3ccc(-c4ccccc4)c(-c4ccccc4)c3-c3ccccc3)c(-c3ccccc3)c2-c2ccccc2)cc1. The predicted molar refractivity (Wildman–Crippen MR) is 206 cm³/mol. The summed E-state index contributed by atoms with van der Waals surface area (Å²) in [5, 5.41) is 0. The van der Waals surface area contributed by atoms with Gasteiger partial charge in [0.05, 0.1) is 0 Å². The Labute approximate surface area is 288 Å². The summed E-state index contributed by atoms with van der Waals surface area (Å²) in [5.41, 5.74) is 13.5. The molecular weight excluding hydrogens is 593 g/mol. The summed E-state index contributed by atoms with van der Waals surface area (Å²) in [6, 6.07) is 72.5. The highest BCUT2D eigenvalue weighted by Crippen LogP contribution is 2.50. The molecule has 0 aromatic heterocycles. The lowest BCUT2D eigenvalue weighted by Gasteiger charge is -2.23. The van der Waals surface area contributed by atoms with Gasteiger partial charge in [-0.2, -0.15) is 0 Å². The lowest BCUT2D eigenvalue weighted by Crippen LogP contribution is -1.98. The molecule has 0 saturated carbocycles. The van der Waals surface area contributed by atoms with Gasteiger partial charge in [-0.3, -0.25) is 0 Å². The first-order valence-electron chi connectivity index (χ1n) is 16.7. The van der Waals surface area contributed by atoms with Crippen molar-refractivity contribution in [2.24, 2.45) is 0 Å². The molecule has 0 heterocycles. The first-order valence-corrected chi connectivity index (χ1v) is 16.7. The molecule has 0 bridgehead atoms. The highest BCUT2D eigenvalue weighted by Gasteiger charge is 2.23. The molecule has 0 radical (unpaired) electrons. The minimum atomic E-state index is 0.799. The topological polar surface area (TPSA) is 9.23 Å². The Hall–Kier alpha value is -6.44. The second kappa shape index (κ2) is 13.7. The smallest absolute Gasteiger partial charge is 0.135 e. The number of rotatable bonds is 8. The molecule has 8 rings (SSSR count). The van der Waals surface area contributed by atoms with Crippen molar-refractivity contribution in [3.8, 4) is 78.3 Å². The summed E-state index contributed by atoms with van der Waals surface area (Å²) in [5.74, 6) is 1.60.